The van der Waals surface area contributed by atoms with Gasteiger partial charge in [0.2, 0.25) is 0 Å². The summed E-state index contributed by atoms with van der Waals surface area (Å²) in [5.41, 5.74) is 0.478. The highest BCUT2D eigenvalue weighted by Gasteiger charge is 2.76. The second-order valence-corrected chi connectivity index (χ2v) is 14.3. The summed E-state index contributed by atoms with van der Waals surface area (Å²) >= 11 is 0. The molecule has 2 N–H and O–H groups in total. The van der Waals surface area contributed by atoms with Crippen LogP contribution in [0.1, 0.15) is 57.4 Å². The van der Waals surface area contributed by atoms with Gasteiger partial charge in [0.15, 0.2) is 5.78 Å². The zero-order valence-corrected chi connectivity index (χ0v) is 23.4. The third kappa shape index (κ3) is 4.16. The molecule has 1 aromatic carbocycles. The van der Waals surface area contributed by atoms with Crippen molar-refractivity contribution < 1.29 is 32.4 Å². The highest BCUT2D eigenvalue weighted by atomic mass is 32.2. The van der Waals surface area contributed by atoms with Gasteiger partial charge in [-0.3, -0.25) is 8.98 Å². The van der Waals surface area contributed by atoms with E-state index in [1.54, 1.807) is 36.4 Å². The molecule has 0 saturated heterocycles. The van der Waals surface area contributed by atoms with Crippen molar-refractivity contribution in [3.8, 4) is 0 Å². The minimum Gasteiger partial charge on any atom is -0.478 e. The quantitative estimate of drug-likeness (QED) is 0.371. The van der Waals surface area contributed by atoms with E-state index in [-0.39, 0.29) is 46.9 Å². The zero-order chi connectivity index (χ0) is 27.7. The number of aryl methyl sites for hydroxylation is 1. The number of rotatable bonds is 7. The third-order valence-corrected chi connectivity index (χ3v) is 12.4. The summed E-state index contributed by atoms with van der Waals surface area (Å²) in [5.74, 6) is 0.383. The molecule has 0 spiro atoms. The summed E-state index contributed by atoms with van der Waals surface area (Å²) in [4.78, 5) is 24.0. The highest BCUT2D eigenvalue weighted by molar-refractivity contribution is 7.86. The number of aliphatic carboxylic acids is 1. The van der Waals surface area contributed by atoms with Gasteiger partial charge in [0.05, 0.1) is 17.1 Å². The fourth-order valence-electron chi connectivity index (χ4n) is 9.45. The van der Waals surface area contributed by atoms with Crippen LogP contribution in [-0.2, 0) is 23.9 Å². The SMILES string of the molecule is CC[C@]12CC[C@H]3[C@@H](C[C@@H](COS(=O)(=O)c4ccc(C)cc4)C4=CC(=O)CC[C@@H]43)[C@@H]1[C@@H]1C[C@@H]1[C@@]2(O)/C=C\C(=O)O. The van der Waals surface area contributed by atoms with Crippen molar-refractivity contribution in [1.82, 2.24) is 0 Å². The molecule has 0 aliphatic heterocycles. The number of aliphatic hydroxyl groups is 1. The summed E-state index contributed by atoms with van der Waals surface area (Å²) < 4.78 is 31.8. The summed E-state index contributed by atoms with van der Waals surface area (Å²) in [6.07, 6.45) is 9.86. The minimum atomic E-state index is -3.94. The number of benzene rings is 1. The van der Waals surface area contributed by atoms with Crippen LogP contribution in [0.15, 0.2) is 53.0 Å². The fraction of sp³-hybridized carbons (Fsp3) is 0.613. The first kappa shape index (κ1) is 26.9. The summed E-state index contributed by atoms with van der Waals surface area (Å²) in [6.45, 7) is 4.01. The molecule has 7 nitrogen and oxygen atoms in total. The molecule has 0 radical (unpaired) electrons. The average molecular weight is 555 g/mol. The van der Waals surface area contributed by atoms with Gasteiger partial charge >= 0.3 is 5.97 Å². The van der Waals surface area contributed by atoms with Crippen LogP contribution in [-0.4, -0.2) is 42.6 Å². The Labute approximate surface area is 230 Å². The molecular weight excluding hydrogens is 516 g/mol. The molecule has 9 atom stereocenters. The number of carboxylic acid groups (broad SMARTS) is 1. The normalized spacial score (nSPS) is 40.8. The lowest BCUT2D eigenvalue weighted by atomic mass is 9.46. The maximum absolute atomic E-state index is 13.0. The van der Waals surface area contributed by atoms with E-state index in [2.05, 4.69) is 6.92 Å². The van der Waals surface area contributed by atoms with Gasteiger partial charge in [0, 0.05) is 23.8 Å². The third-order valence-electron chi connectivity index (χ3n) is 11.1. The van der Waals surface area contributed by atoms with E-state index < -0.39 is 27.1 Å². The molecule has 6 rings (SSSR count). The largest absolute Gasteiger partial charge is 0.478 e. The van der Waals surface area contributed by atoms with Crippen LogP contribution in [0, 0.1) is 53.8 Å². The summed E-state index contributed by atoms with van der Waals surface area (Å²) in [7, 11) is -3.94. The van der Waals surface area contributed by atoms with Crippen LogP contribution in [0.25, 0.3) is 0 Å². The molecule has 8 heteroatoms. The molecule has 5 aliphatic carbocycles. The maximum atomic E-state index is 13.0. The van der Waals surface area contributed by atoms with Gasteiger partial charge in [-0.25, -0.2) is 4.79 Å². The van der Waals surface area contributed by atoms with Crippen LogP contribution in [0.2, 0.25) is 0 Å². The second kappa shape index (κ2) is 9.38. The van der Waals surface area contributed by atoms with Gasteiger partial charge in [-0.2, -0.15) is 8.42 Å². The molecule has 0 unspecified atom stereocenters. The van der Waals surface area contributed by atoms with E-state index in [0.29, 0.717) is 18.3 Å². The number of hydrogen-bond donors (Lipinski definition) is 2. The highest BCUT2D eigenvalue weighted by Crippen LogP contribution is 2.77. The molecule has 0 amide bonds. The number of fused-ring (bicyclic) bond motifs is 7. The van der Waals surface area contributed by atoms with Crippen molar-refractivity contribution in [2.75, 3.05) is 6.61 Å². The van der Waals surface area contributed by atoms with E-state index in [4.69, 9.17) is 4.18 Å². The average Bonchev–Trinajstić information content (AvgIpc) is 3.67. The molecule has 1 aromatic rings. The van der Waals surface area contributed by atoms with Gasteiger partial charge < -0.3 is 10.2 Å². The number of hydrogen-bond acceptors (Lipinski definition) is 6. The van der Waals surface area contributed by atoms with E-state index in [9.17, 15) is 28.2 Å². The maximum Gasteiger partial charge on any atom is 0.328 e. The smallest absolute Gasteiger partial charge is 0.328 e. The number of carboxylic acids is 1. The van der Waals surface area contributed by atoms with Crippen molar-refractivity contribution in [3.63, 3.8) is 0 Å². The summed E-state index contributed by atoms with van der Waals surface area (Å²) in [6, 6.07) is 6.61. The Morgan fingerprint density at radius 3 is 2.56 bits per heavy atom. The van der Waals surface area contributed by atoms with Gasteiger partial charge in [0.25, 0.3) is 10.1 Å². The second-order valence-electron chi connectivity index (χ2n) is 12.6. The van der Waals surface area contributed by atoms with Crippen LogP contribution in [0.3, 0.4) is 0 Å². The molecule has 0 bridgehead atoms. The monoisotopic (exact) mass is 554 g/mol. The Kier molecular flexibility index (Phi) is 6.47. The van der Waals surface area contributed by atoms with Crippen molar-refractivity contribution >= 4 is 21.9 Å². The van der Waals surface area contributed by atoms with Gasteiger partial charge in [-0.05, 0) is 105 Å². The number of ketones is 1. The van der Waals surface area contributed by atoms with Gasteiger partial charge in [-0.1, -0.05) is 30.2 Å². The van der Waals surface area contributed by atoms with E-state index in [1.165, 1.54) is 0 Å². The first-order valence-corrected chi connectivity index (χ1v) is 15.8. The molecule has 210 valence electrons. The molecule has 4 saturated carbocycles. The zero-order valence-electron chi connectivity index (χ0n) is 22.6. The lowest BCUT2D eigenvalue weighted by molar-refractivity contribution is -0.135. The topological polar surface area (TPSA) is 118 Å². The van der Waals surface area contributed by atoms with Crippen LogP contribution in [0.4, 0.5) is 0 Å². The Balaban J connectivity index is 1.32. The van der Waals surface area contributed by atoms with Crippen molar-refractivity contribution in [2.45, 2.75) is 69.3 Å². The van der Waals surface area contributed by atoms with E-state index >= 15 is 0 Å². The molecule has 0 aromatic heterocycles. The van der Waals surface area contributed by atoms with Crippen molar-refractivity contribution in [2.24, 2.45) is 46.8 Å². The van der Waals surface area contributed by atoms with Crippen molar-refractivity contribution in [3.05, 3.63) is 53.6 Å². The Bertz CT molecular complexity index is 1350. The predicted octanol–water partition coefficient (Wildman–Crippen LogP) is 4.69. The Morgan fingerprint density at radius 1 is 1.13 bits per heavy atom. The fourth-order valence-corrected chi connectivity index (χ4v) is 10.4. The van der Waals surface area contributed by atoms with Crippen LogP contribution < -0.4 is 0 Å². The number of carbonyl (C=O) groups excluding carboxylic acids is 1. The lowest BCUT2D eigenvalue weighted by Crippen LogP contribution is -2.56. The lowest BCUT2D eigenvalue weighted by Gasteiger charge is -2.59. The van der Waals surface area contributed by atoms with E-state index in [0.717, 1.165) is 55.7 Å². The minimum absolute atomic E-state index is 0.00182. The van der Waals surface area contributed by atoms with E-state index in [1.807, 2.05) is 6.92 Å². The van der Waals surface area contributed by atoms with Crippen LogP contribution in [0.5, 0.6) is 0 Å². The molecule has 5 aliphatic rings. The Morgan fingerprint density at radius 2 is 1.87 bits per heavy atom. The molecule has 39 heavy (non-hydrogen) atoms. The predicted molar refractivity (Wildman–Crippen MR) is 144 cm³/mol. The van der Waals surface area contributed by atoms with Gasteiger partial charge in [0.1, 0.15) is 0 Å². The first-order valence-electron chi connectivity index (χ1n) is 14.4. The number of carbonyl (C=O) groups is 2. The van der Waals surface area contributed by atoms with Gasteiger partial charge in [-0.15, -0.1) is 0 Å². The van der Waals surface area contributed by atoms with Crippen molar-refractivity contribution in [1.29, 1.82) is 0 Å². The van der Waals surface area contributed by atoms with Crippen LogP contribution >= 0.6 is 0 Å². The summed E-state index contributed by atoms with van der Waals surface area (Å²) in [5, 5.41) is 21.4. The first-order chi connectivity index (χ1) is 18.5. The molecular formula is C31H38O7S. The standard InChI is InChI=1S/C31H38O7S/c1-3-30-12-10-23-22-9-6-20(32)15-24(22)19(17-38-39(36,37)21-7-4-18(2)5-8-21)14-25(23)29(30)26-16-27(26)31(30,35)13-11-28(33)34/h4-5,7-8,11,13,15,19,22-23,25-27,29,35H,3,6,9-10,12,14,16-17H2,1-2H3,(H,33,34)/b13-11-/t19-,22+,23+,25+,26+,27-,29+,30-,31-/m0/s1. The molecule has 4 fully saturated rings. The molecule has 0 heterocycles. The Hall–Kier alpha value is -2.29.